The van der Waals surface area contributed by atoms with Crippen molar-refractivity contribution in [2.75, 3.05) is 13.1 Å². The van der Waals surface area contributed by atoms with Crippen LogP contribution in [0.15, 0.2) is 12.3 Å². The highest BCUT2D eigenvalue weighted by atomic mass is 16.3. The molecule has 0 aromatic carbocycles. The second kappa shape index (κ2) is 4.82. The van der Waals surface area contributed by atoms with Gasteiger partial charge in [-0.1, -0.05) is 0 Å². The van der Waals surface area contributed by atoms with Gasteiger partial charge in [-0.2, -0.15) is 0 Å². The second-order valence-electron chi connectivity index (χ2n) is 6.06. The predicted molar refractivity (Wildman–Crippen MR) is 73.4 cm³/mol. The molecule has 1 saturated heterocycles. The van der Waals surface area contributed by atoms with Crippen LogP contribution in [0.25, 0.3) is 0 Å². The van der Waals surface area contributed by atoms with E-state index in [9.17, 15) is 15.0 Å². The van der Waals surface area contributed by atoms with Crippen LogP contribution in [0.1, 0.15) is 41.4 Å². The van der Waals surface area contributed by atoms with Crippen LogP contribution in [0.5, 0.6) is 0 Å². The summed E-state index contributed by atoms with van der Waals surface area (Å²) in [5.74, 6) is -0.109. The number of aliphatic hydroxyl groups excluding tert-OH is 1. The molecule has 2 atom stereocenters. The number of aryl methyl sites for hydroxylation is 2. The molecule has 1 aromatic rings. The molecule has 5 heteroatoms. The van der Waals surface area contributed by atoms with Crippen LogP contribution in [0, 0.1) is 0 Å². The van der Waals surface area contributed by atoms with Crippen LogP contribution in [0.2, 0.25) is 0 Å². The van der Waals surface area contributed by atoms with Gasteiger partial charge in [-0.3, -0.25) is 9.78 Å². The lowest BCUT2D eigenvalue weighted by molar-refractivity contribution is -0.0999. The molecule has 1 fully saturated rings. The average molecular weight is 276 g/mol. The van der Waals surface area contributed by atoms with Crippen molar-refractivity contribution in [3.8, 4) is 0 Å². The minimum Gasteiger partial charge on any atom is -0.388 e. The highest BCUT2D eigenvalue weighted by Gasteiger charge is 2.38. The SMILES string of the molecule is C[C@@]1(O)CCN(C(=O)c2cnc3c(c2)CCC3)C[C@H]1O. The topological polar surface area (TPSA) is 73.7 Å². The van der Waals surface area contributed by atoms with Crippen LogP contribution in [-0.2, 0) is 12.8 Å². The van der Waals surface area contributed by atoms with Crippen LogP contribution in [0.4, 0.5) is 0 Å². The summed E-state index contributed by atoms with van der Waals surface area (Å²) >= 11 is 0. The first-order chi connectivity index (χ1) is 9.47. The molecule has 0 saturated carbocycles. The molecule has 0 radical (unpaired) electrons. The Bertz CT molecular complexity index is 542. The number of amides is 1. The molecule has 5 nitrogen and oxygen atoms in total. The van der Waals surface area contributed by atoms with Gasteiger partial charge in [0.2, 0.25) is 0 Å². The van der Waals surface area contributed by atoms with Gasteiger partial charge in [-0.15, -0.1) is 0 Å². The number of piperidine rings is 1. The van der Waals surface area contributed by atoms with E-state index < -0.39 is 11.7 Å². The Morgan fingerprint density at radius 1 is 1.50 bits per heavy atom. The Morgan fingerprint density at radius 3 is 3.05 bits per heavy atom. The third-order valence-electron chi connectivity index (χ3n) is 4.45. The Labute approximate surface area is 118 Å². The van der Waals surface area contributed by atoms with Crippen molar-refractivity contribution in [1.82, 2.24) is 9.88 Å². The van der Waals surface area contributed by atoms with Crippen LogP contribution in [0.3, 0.4) is 0 Å². The Kier molecular flexibility index (Phi) is 3.26. The first kappa shape index (κ1) is 13.5. The maximum absolute atomic E-state index is 12.4. The molecule has 2 N–H and O–H groups in total. The number of β-amino-alcohol motifs (C(OH)–C–C–N with tert-alkyl or cyclic N) is 1. The number of rotatable bonds is 1. The molecule has 0 bridgehead atoms. The summed E-state index contributed by atoms with van der Waals surface area (Å²) in [4.78, 5) is 18.4. The zero-order valence-corrected chi connectivity index (χ0v) is 11.7. The van der Waals surface area contributed by atoms with Crippen LogP contribution >= 0.6 is 0 Å². The van der Waals surface area contributed by atoms with E-state index in [4.69, 9.17) is 0 Å². The summed E-state index contributed by atoms with van der Waals surface area (Å²) in [5.41, 5.74) is 1.75. The molecule has 0 spiro atoms. The first-order valence-corrected chi connectivity index (χ1v) is 7.15. The zero-order valence-electron chi connectivity index (χ0n) is 11.7. The largest absolute Gasteiger partial charge is 0.388 e. The molecule has 1 aliphatic carbocycles. The number of aromatic nitrogens is 1. The number of hydrogen-bond acceptors (Lipinski definition) is 4. The van der Waals surface area contributed by atoms with Crippen molar-refractivity contribution in [2.24, 2.45) is 0 Å². The van der Waals surface area contributed by atoms with Gasteiger partial charge in [0, 0.05) is 25.0 Å². The summed E-state index contributed by atoms with van der Waals surface area (Å²) in [7, 11) is 0. The number of carbonyl (C=O) groups is 1. The van der Waals surface area contributed by atoms with Crippen LogP contribution < -0.4 is 0 Å². The van der Waals surface area contributed by atoms with Crippen molar-refractivity contribution in [3.63, 3.8) is 0 Å². The van der Waals surface area contributed by atoms with Crippen LogP contribution in [-0.4, -0.2) is 50.8 Å². The number of carbonyl (C=O) groups excluding carboxylic acids is 1. The predicted octanol–water partition coefficient (Wildman–Crippen LogP) is 0.528. The number of nitrogens with zero attached hydrogens (tertiary/aromatic N) is 2. The maximum Gasteiger partial charge on any atom is 0.255 e. The summed E-state index contributed by atoms with van der Waals surface area (Å²) in [6.07, 6.45) is 4.20. The van der Waals surface area contributed by atoms with Crippen molar-refractivity contribution >= 4 is 5.91 Å². The Hall–Kier alpha value is -1.46. The van der Waals surface area contributed by atoms with Gasteiger partial charge in [0.1, 0.15) is 0 Å². The van der Waals surface area contributed by atoms with E-state index in [1.807, 2.05) is 6.07 Å². The lowest BCUT2D eigenvalue weighted by atomic mass is 9.90. The van der Waals surface area contributed by atoms with Gasteiger partial charge >= 0.3 is 0 Å². The number of likely N-dealkylation sites (tertiary alicyclic amines) is 1. The first-order valence-electron chi connectivity index (χ1n) is 7.15. The fourth-order valence-corrected chi connectivity index (χ4v) is 2.94. The Morgan fingerprint density at radius 2 is 2.30 bits per heavy atom. The standard InChI is InChI=1S/C15H20N2O3/c1-15(20)5-6-17(9-13(15)18)14(19)11-7-10-3-2-4-12(10)16-8-11/h7-8,13,18,20H,2-6,9H2,1H3/t13-,15-/m1/s1. The maximum atomic E-state index is 12.4. The molecule has 1 amide bonds. The minimum absolute atomic E-state index is 0.109. The van der Waals surface area contributed by atoms with E-state index >= 15 is 0 Å². The van der Waals surface area contributed by atoms with E-state index in [1.165, 1.54) is 5.56 Å². The van der Waals surface area contributed by atoms with Gasteiger partial charge in [0.15, 0.2) is 0 Å². The van der Waals surface area contributed by atoms with Crippen molar-refractivity contribution in [3.05, 3.63) is 29.1 Å². The molecule has 20 heavy (non-hydrogen) atoms. The number of aliphatic hydroxyl groups is 2. The van der Waals surface area contributed by atoms with Gasteiger partial charge in [0.25, 0.3) is 5.91 Å². The van der Waals surface area contributed by atoms with Crippen molar-refractivity contribution in [1.29, 1.82) is 0 Å². The van der Waals surface area contributed by atoms with E-state index in [-0.39, 0.29) is 12.5 Å². The molecule has 2 heterocycles. The molecule has 1 aliphatic heterocycles. The highest BCUT2D eigenvalue weighted by Crippen LogP contribution is 2.25. The molecule has 108 valence electrons. The summed E-state index contributed by atoms with van der Waals surface area (Å²) in [6, 6.07) is 1.93. The zero-order chi connectivity index (χ0) is 14.3. The summed E-state index contributed by atoms with van der Waals surface area (Å²) in [6.45, 7) is 2.24. The van der Waals surface area contributed by atoms with Crippen molar-refractivity contribution in [2.45, 2.75) is 44.3 Å². The minimum atomic E-state index is -1.10. The summed E-state index contributed by atoms with van der Waals surface area (Å²) < 4.78 is 0. The number of hydrogen-bond donors (Lipinski definition) is 2. The van der Waals surface area contributed by atoms with Gasteiger partial charge in [0.05, 0.1) is 17.3 Å². The van der Waals surface area contributed by atoms with E-state index in [2.05, 4.69) is 4.98 Å². The molecule has 1 aromatic heterocycles. The summed E-state index contributed by atoms with van der Waals surface area (Å²) in [5, 5.41) is 19.8. The normalized spacial score (nSPS) is 29.4. The quantitative estimate of drug-likeness (QED) is 0.784. The van der Waals surface area contributed by atoms with Gasteiger partial charge < -0.3 is 15.1 Å². The average Bonchev–Trinajstić information content (AvgIpc) is 2.88. The van der Waals surface area contributed by atoms with Gasteiger partial charge in [-0.25, -0.2) is 0 Å². The highest BCUT2D eigenvalue weighted by molar-refractivity contribution is 5.94. The monoisotopic (exact) mass is 276 g/mol. The fraction of sp³-hybridized carbons (Fsp3) is 0.600. The fourth-order valence-electron chi connectivity index (χ4n) is 2.94. The van der Waals surface area contributed by atoms with E-state index in [0.717, 1.165) is 25.0 Å². The second-order valence-corrected chi connectivity index (χ2v) is 6.06. The van der Waals surface area contributed by atoms with E-state index in [0.29, 0.717) is 18.5 Å². The van der Waals surface area contributed by atoms with Crippen molar-refractivity contribution < 1.29 is 15.0 Å². The molecule has 0 unspecified atom stereocenters. The molecule has 2 aliphatic rings. The molecular weight excluding hydrogens is 256 g/mol. The molecular formula is C15H20N2O3. The molecule has 3 rings (SSSR count). The third-order valence-corrected chi connectivity index (χ3v) is 4.45. The lowest BCUT2D eigenvalue weighted by Crippen LogP contribution is -2.55. The van der Waals surface area contributed by atoms with Gasteiger partial charge in [-0.05, 0) is 44.2 Å². The smallest absolute Gasteiger partial charge is 0.255 e. The Balaban J connectivity index is 1.76. The number of fused-ring (bicyclic) bond motifs is 1. The van der Waals surface area contributed by atoms with E-state index in [1.54, 1.807) is 18.0 Å². The third kappa shape index (κ3) is 2.31. The number of pyridine rings is 1. The lowest BCUT2D eigenvalue weighted by Gasteiger charge is -2.39.